The molecule has 1 fully saturated rings. The average Bonchev–Trinajstić information content (AvgIpc) is 2.79. The molecule has 1 aliphatic rings. The predicted octanol–water partition coefficient (Wildman–Crippen LogP) is 3.77. The molecule has 4 heteroatoms. The number of benzene rings is 1. The number of halogens is 1. The molecule has 0 aliphatic carbocycles. The van der Waals surface area contributed by atoms with Crippen LogP contribution in [0.2, 0.25) is 0 Å². The second-order valence-electron chi connectivity index (χ2n) is 5.54. The van der Waals surface area contributed by atoms with Crippen LogP contribution in [-0.2, 0) is 6.54 Å². The Hall–Kier alpha value is -0.870. The van der Waals surface area contributed by atoms with Crippen molar-refractivity contribution < 1.29 is 9.90 Å². The number of nitrogens with zero attached hydrogens (tertiary/aromatic N) is 1. The summed E-state index contributed by atoms with van der Waals surface area (Å²) in [4.78, 5) is 13.4. The Balaban J connectivity index is 2.13. The van der Waals surface area contributed by atoms with Crippen molar-refractivity contribution in [2.75, 3.05) is 6.54 Å². The molecule has 1 N–H and O–H groups in total. The van der Waals surface area contributed by atoms with E-state index < -0.39 is 5.97 Å². The van der Waals surface area contributed by atoms with Gasteiger partial charge in [-0.05, 0) is 43.0 Å². The van der Waals surface area contributed by atoms with Crippen molar-refractivity contribution in [2.45, 2.75) is 39.3 Å². The van der Waals surface area contributed by atoms with Gasteiger partial charge in [-0.25, -0.2) is 4.79 Å². The lowest BCUT2D eigenvalue weighted by molar-refractivity contribution is 0.0697. The smallest absolute Gasteiger partial charge is 0.335 e. The third-order valence-electron chi connectivity index (χ3n) is 3.86. The monoisotopic (exact) mass is 325 g/mol. The molecule has 2 rings (SSSR count). The van der Waals surface area contributed by atoms with E-state index in [4.69, 9.17) is 5.11 Å². The average molecular weight is 326 g/mol. The van der Waals surface area contributed by atoms with E-state index in [-0.39, 0.29) is 0 Å². The molecule has 0 saturated carbocycles. The molecule has 1 unspecified atom stereocenters. The second-order valence-corrected chi connectivity index (χ2v) is 6.39. The predicted molar refractivity (Wildman–Crippen MR) is 79.4 cm³/mol. The van der Waals surface area contributed by atoms with E-state index in [1.54, 1.807) is 12.1 Å². The highest BCUT2D eigenvalue weighted by atomic mass is 79.9. The van der Waals surface area contributed by atoms with Crippen LogP contribution in [0.4, 0.5) is 0 Å². The molecule has 104 valence electrons. The number of hydrogen-bond acceptors (Lipinski definition) is 2. The number of likely N-dealkylation sites (tertiary alicyclic amines) is 1. The van der Waals surface area contributed by atoms with Crippen LogP contribution in [-0.4, -0.2) is 28.6 Å². The minimum absolute atomic E-state index is 0.331. The Morgan fingerprint density at radius 3 is 2.84 bits per heavy atom. The molecular formula is C15H20BrNO2. The van der Waals surface area contributed by atoms with Crippen molar-refractivity contribution in [1.29, 1.82) is 0 Å². The lowest BCUT2D eigenvalue weighted by Crippen LogP contribution is -2.32. The van der Waals surface area contributed by atoms with Gasteiger partial charge in [-0.1, -0.05) is 35.8 Å². The number of rotatable bonds is 4. The maximum absolute atomic E-state index is 10.9. The fourth-order valence-corrected chi connectivity index (χ4v) is 3.33. The van der Waals surface area contributed by atoms with Crippen molar-refractivity contribution in [2.24, 2.45) is 5.92 Å². The van der Waals surface area contributed by atoms with Crippen LogP contribution >= 0.6 is 15.9 Å². The molecule has 0 spiro atoms. The molecule has 1 atom stereocenters. The van der Waals surface area contributed by atoms with E-state index in [1.807, 2.05) is 6.07 Å². The maximum atomic E-state index is 10.9. The van der Waals surface area contributed by atoms with E-state index in [2.05, 4.69) is 34.7 Å². The molecule has 1 saturated heterocycles. The van der Waals surface area contributed by atoms with Crippen molar-refractivity contribution in [3.63, 3.8) is 0 Å². The Bertz CT molecular complexity index is 473. The quantitative estimate of drug-likeness (QED) is 0.916. The number of carbonyl (C=O) groups is 1. The number of hydrogen-bond donors (Lipinski definition) is 1. The first-order valence-corrected chi connectivity index (χ1v) is 7.54. The summed E-state index contributed by atoms with van der Waals surface area (Å²) >= 11 is 3.49. The molecule has 0 bridgehead atoms. The highest BCUT2D eigenvalue weighted by Crippen LogP contribution is 2.28. The summed E-state index contributed by atoms with van der Waals surface area (Å²) < 4.78 is 0.891. The van der Waals surface area contributed by atoms with Crippen molar-refractivity contribution in [3.05, 3.63) is 33.8 Å². The zero-order chi connectivity index (χ0) is 14.0. The lowest BCUT2D eigenvalue weighted by atomic mass is 10.0. The van der Waals surface area contributed by atoms with Crippen LogP contribution in [0.15, 0.2) is 22.7 Å². The molecule has 1 heterocycles. The molecule has 0 amide bonds. The van der Waals surface area contributed by atoms with Crippen LogP contribution in [0, 0.1) is 5.92 Å². The summed E-state index contributed by atoms with van der Waals surface area (Å²) in [5.74, 6) is -0.215. The summed E-state index contributed by atoms with van der Waals surface area (Å²) in [6.45, 7) is 6.57. The van der Waals surface area contributed by atoms with E-state index in [9.17, 15) is 4.79 Å². The molecule has 1 aliphatic heterocycles. The van der Waals surface area contributed by atoms with Crippen molar-refractivity contribution in [3.8, 4) is 0 Å². The van der Waals surface area contributed by atoms with Gasteiger partial charge in [0.25, 0.3) is 0 Å². The molecule has 1 aromatic rings. The molecular weight excluding hydrogens is 306 g/mol. The van der Waals surface area contributed by atoms with Gasteiger partial charge in [0.2, 0.25) is 0 Å². The Morgan fingerprint density at radius 1 is 1.53 bits per heavy atom. The van der Waals surface area contributed by atoms with E-state index in [0.29, 0.717) is 17.5 Å². The number of carboxylic acids is 1. The largest absolute Gasteiger partial charge is 0.478 e. The molecule has 1 aromatic carbocycles. The van der Waals surface area contributed by atoms with Crippen molar-refractivity contribution in [1.82, 2.24) is 4.90 Å². The second kappa shape index (κ2) is 6.06. The number of aromatic carboxylic acids is 1. The molecule has 19 heavy (non-hydrogen) atoms. The summed E-state index contributed by atoms with van der Waals surface area (Å²) in [7, 11) is 0. The lowest BCUT2D eigenvalue weighted by Gasteiger charge is -2.28. The minimum Gasteiger partial charge on any atom is -0.478 e. The first-order chi connectivity index (χ1) is 8.99. The van der Waals surface area contributed by atoms with Gasteiger partial charge in [0.05, 0.1) is 5.56 Å². The Kier molecular flexibility index (Phi) is 4.63. The number of carboxylic acid groups (broad SMARTS) is 1. The van der Waals surface area contributed by atoms with Gasteiger partial charge in [0, 0.05) is 17.1 Å². The van der Waals surface area contributed by atoms with Gasteiger partial charge in [0.15, 0.2) is 0 Å². The molecule has 0 aromatic heterocycles. The molecule has 0 radical (unpaired) electrons. The topological polar surface area (TPSA) is 40.5 Å². The van der Waals surface area contributed by atoms with Crippen LogP contribution in [0.1, 0.15) is 42.6 Å². The van der Waals surface area contributed by atoms with Gasteiger partial charge in [-0.15, -0.1) is 0 Å². The third kappa shape index (κ3) is 3.37. The first kappa shape index (κ1) is 14.5. The summed E-state index contributed by atoms with van der Waals surface area (Å²) in [5.41, 5.74) is 1.50. The first-order valence-electron chi connectivity index (χ1n) is 6.75. The normalized spacial score (nSPS) is 20.1. The summed E-state index contributed by atoms with van der Waals surface area (Å²) in [5, 5.41) is 8.97. The van der Waals surface area contributed by atoms with Crippen LogP contribution in [0.25, 0.3) is 0 Å². The van der Waals surface area contributed by atoms with E-state index >= 15 is 0 Å². The highest BCUT2D eigenvalue weighted by molar-refractivity contribution is 9.10. The molecule has 3 nitrogen and oxygen atoms in total. The zero-order valence-corrected chi connectivity index (χ0v) is 13.0. The van der Waals surface area contributed by atoms with Crippen LogP contribution in [0.5, 0.6) is 0 Å². The van der Waals surface area contributed by atoms with Crippen LogP contribution < -0.4 is 0 Å². The SMILES string of the molecule is CC(C)C1CCCN1Cc1ccc(C(=O)O)cc1Br. The fraction of sp³-hybridized carbons (Fsp3) is 0.533. The van der Waals surface area contributed by atoms with Crippen LogP contribution in [0.3, 0.4) is 0 Å². The Labute approximate surface area is 122 Å². The van der Waals surface area contributed by atoms with Gasteiger partial charge in [-0.3, -0.25) is 4.90 Å². The van der Waals surface area contributed by atoms with Gasteiger partial charge < -0.3 is 5.11 Å². The highest BCUT2D eigenvalue weighted by Gasteiger charge is 2.27. The summed E-state index contributed by atoms with van der Waals surface area (Å²) in [6, 6.07) is 5.94. The minimum atomic E-state index is -0.881. The maximum Gasteiger partial charge on any atom is 0.335 e. The van der Waals surface area contributed by atoms with E-state index in [0.717, 1.165) is 23.1 Å². The standard InChI is InChI=1S/C15H20BrNO2/c1-10(2)14-4-3-7-17(14)9-12-6-5-11(15(18)19)8-13(12)16/h5-6,8,10,14H,3-4,7,9H2,1-2H3,(H,18,19). The van der Waals surface area contributed by atoms with Gasteiger partial charge in [0.1, 0.15) is 0 Å². The summed E-state index contributed by atoms with van der Waals surface area (Å²) in [6.07, 6.45) is 2.52. The van der Waals surface area contributed by atoms with E-state index in [1.165, 1.54) is 12.8 Å². The Morgan fingerprint density at radius 2 is 2.26 bits per heavy atom. The van der Waals surface area contributed by atoms with Crippen molar-refractivity contribution >= 4 is 21.9 Å². The third-order valence-corrected chi connectivity index (χ3v) is 4.60. The zero-order valence-electron chi connectivity index (χ0n) is 11.4. The fourth-order valence-electron chi connectivity index (χ4n) is 2.83. The van der Waals surface area contributed by atoms with Gasteiger partial charge in [-0.2, -0.15) is 0 Å². The van der Waals surface area contributed by atoms with Gasteiger partial charge >= 0.3 is 5.97 Å².